The molecule has 100 valence electrons. The molecule has 19 heavy (non-hydrogen) atoms. The van der Waals surface area contributed by atoms with Gasteiger partial charge in [0.15, 0.2) is 0 Å². The molecule has 0 radical (unpaired) electrons. The summed E-state index contributed by atoms with van der Waals surface area (Å²) in [5.74, 6) is -1.63. The second-order valence-corrected chi connectivity index (χ2v) is 5.99. The van der Waals surface area contributed by atoms with E-state index in [9.17, 15) is 9.59 Å². The zero-order valence-corrected chi connectivity index (χ0v) is 11.9. The summed E-state index contributed by atoms with van der Waals surface area (Å²) in [6.45, 7) is 1.60. The first kappa shape index (κ1) is 13.9. The van der Waals surface area contributed by atoms with Gasteiger partial charge in [0.05, 0.1) is 15.6 Å². The standard InChI is InChI=1S/C11H8Cl2N2O3S/c1-4-8(11(17)18)6(3-14-4)15-10(16)5-2-7(12)19-9(5)13/h2-3,14H,1H3,(H,15,16)(H,17,18). The summed E-state index contributed by atoms with van der Waals surface area (Å²) in [5, 5.41) is 11.6. The number of H-pyrrole nitrogens is 1. The number of carboxylic acid groups (broad SMARTS) is 1. The fourth-order valence-corrected chi connectivity index (χ4v) is 3.04. The molecule has 0 spiro atoms. The molecule has 8 heteroatoms. The first-order chi connectivity index (χ1) is 8.90. The van der Waals surface area contributed by atoms with Gasteiger partial charge in [-0.2, -0.15) is 0 Å². The topological polar surface area (TPSA) is 82.2 Å². The maximum Gasteiger partial charge on any atom is 0.339 e. The van der Waals surface area contributed by atoms with Crippen LogP contribution in [0.2, 0.25) is 8.67 Å². The number of aromatic carboxylic acids is 1. The first-order valence-corrected chi connectivity index (χ1v) is 6.65. The first-order valence-electron chi connectivity index (χ1n) is 5.07. The van der Waals surface area contributed by atoms with Crippen LogP contribution in [-0.4, -0.2) is 22.0 Å². The molecule has 0 saturated heterocycles. The Kier molecular flexibility index (Phi) is 3.84. The van der Waals surface area contributed by atoms with E-state index in [0.29, 0.717) is 10.0 Å². The third kappa shape index (κ3) is 2.75. The van der Waals surface area contributed by atoms with E-state index in [4.69, 9.17) is 28.3 Å². The Morgan fingerprint density at radius 1 is 1.42 bits per heavy atom. The molecule has 0 bridgehead atoms. The molecule has 0 fully saturated rings. The molecule has 1 amide bonds. The molecule has 0 aliphatic carbocycles. The summed E-state index contributed by atoms with van der Waals surface area (Å²) in [7, 11) is 0. The molecule has 0 atom stereocenters. The molecule has 0 aliphatic rings. The van der Waals surface area contributed by atoms with Crippen molar-refractivity contribution in [3.63, 3.8) is 0 Å². The monoisotopic (exact) mass is 318 g/mol. The quantitative estimate of drug-likeness (QED) is 0.808. The molecular formula is C11H8Cl2N2O3S. The molecule has 2 aromatic heterocycles. The number of halogens is 2. The van der Waals surface area contributed by atoms with E-state index in [1.807, 2.05) is 0 Å². The van der Waals surface area contributed by atoms with Crippen molar-refractivity contribution in [2.45, 2.75) is 6.92 Å². The van der Waals surface area contributed by atoms with Crippen molar-refractivity contribution in [1.82, 2.24) is 4.98 Å². The van der Waals surface area contributed by atoms with Crippen LogP contribution < -0.4 is 5.32 Å². The fraction of sp³-hybridized carbons (Fsp3) is 0.0909. The third-order valence-electron chi connectivity index (χ3n) is 2.44. The summed E-state index contributed by atoms with van der Waals surface area (Å²) in [4.78, 5) is 25.8. The SMILES string of the molecule is Cc1[nH]cc(NC(=O)c2cc(Cl)sc2Cl)c1C(=O)O. The van der Waals surface area contributed by atoms with Crippen LogP contribution in [-0.2, 0) is 0 Å². The van der Waals surface area contributed by atoms with Gasteiger partial charge in [0.1, 0.15) is 9.90 Å². The molecular weight excluding hydrogens is 311 g/mol. The number of carbonyl (C=O) groups excluding carboxylic acids is 1. The molecule has 0 aliphatic heterocycles. The largest absolute Gasteiger partial charge is 0.478 e. The van der Waals surface area contributed by atoms with Gasteiger partial charge in [0.2, 0.25) is 0 Å². The number of carboxylic acids is 1. The van der Waals surface area contributed by atoms with Gasteiger partial charge in [0.25, 0.3) is 5.91 Å². The summed E-state index contributed by atoms with van der Waals surface area (Å²) in [6, 6.07) is 1.43. The van der Waals surface area contributed by atoms with Gasteiger partial charge < -0.3 is 15.4 Å². The van der Waals surface area contributed by atoms with E-state index >= 15 is 0 Å². The van der Waals surface area contributed by atoms with Gasteiger partial charge in [-0.25, -0.2) is 4.79 Å². The number of aryl methyl sites for hydroxylation is 1. The molecule has 2 rings (SSSR count). The molecule has 5 nitrogen and oxygen atoms in total. The summed E-state index contributed by atoms with van der Waals surface area (Å²) in [5.41, 5.74) is 0.878. The number of aromatic nitrogens is 1. The van der Waals surface area contributed by atoms with Gasteiger partial charge in [-0.05, 0) is 13.0 Å². The van der Waals surface area contributed by atoms with Crippen LogP contribution in [0.3, 0.4) is 0 Å². The van der Waals surface area contributed by atoms with E-state index in [0.717, 1.165) is 11.3 Å². The number of hydrogen-bond acceptors (Lipinski definition) is 3. The van der Waals surface area contributed by atoms with Crippen LogP contribution in [0.25, 0.3) is 0 Å². The number of thiophene rings is 1. The van der Waals surface area contributed by atoms with Crippen molar-refractivity contribution in [2.24, 2.45) is 0 Å². The highest BCUT2D eigenvalue weighted by atomic mass is 35.5. The van der Waals surface area contributed by atoms with Crippen molar-refractivity contribution in [2.75, 3.05) is 5.32 Å². The number of aromatic amines is 1. The maximum absolute atomic E-state index is 12.0. The van der Waals surface area contributed by atoms with Gasteiger partial charge in [-0.3, -0.25) is 4.79 Å². The van der Waals surface area contributed by atoms with Crippen molar-refractivity contribution < 1.29 is 14.7 Å². The zero-order valence-electron chi connectivity index (χ0n) is 9.58. The molecule has 2 aromatic rings. The second kappa shape index (κ2) is 5.24. The minimum absolute atomic E-state index is 0.0193. The summed E-state index contributed by atoms with van der Waals surface area (Å²) in [6.07, 6.45) is 1.42. The van der Waals surface area contributed by atoms with Crippen LogP contribution in [0.5, 0.6) is 0 Å². The van der Waals surface area contributed by atoms with Crippen LogP contribution in [0.1, 0.15) is 26.4 Å². The lowest BCUT2D eigenvalue weighted by Crippen LogP contribution is -2.13. The van der Waals surface area contributed by atoms with Crippen molar-refractivity contribution in [3.05, 3.63) is 37.8 Å². The minimum atomic E-state index is -1.12. The lowest BCUT2D eigenvalue weighted by molar-refractivity contribution is 0.0697. The van der Waals surface area contributed by atoms with Crippen LogP contribution in [0.4, 0.5) is 5.69 Å². The van der Waals surface area contributed by atoms with Crippen molar-refractivity contribution in [1.29, 1.82) is 0 Å². The average Bonchev–Trinajstić information content (AvgIpc) is 2.82. The number of amides is 1. The third-order valence-corrected chi connectivity index (χ3v) is 3.93. The minimum Gasteiger partial charge on any atom is -0.478 e. The highest BCUT2D eigenvalue weighted by Gasteiger charge is 2.20. The molecule has 0 saturated carbocycles. The highest BCUT2D eigenvalue weighted by Crippen LogP contribution is 2.32. The Morgan fingerprint density at radius 3 is 2.63 bits per heavy atom. The fourth-order valence-electron chi connectivity index (χ4n) is 1.59. The Labute approximate surface area is 122 Å². The van der Waals surface area contributed by atoms with E-state index in [1.165, 1.54) is 12.3 Å². The Hall–Kier alpha value is -1.50. The number of carbonyl (C=O) groups is 2. The molecule has 3 N–H and O–H groups in total. The normalized spacial score (nSPS) is 10.5. The predicted molar refractivity (Wildman–Crippen MR) is 74.8 cm³/mol. The van der Waals surface area contributed by atoms with E-state index in [1.54, 1.807) is 6.92 Å². The van der Waals surface area contributed by atoms with Gasteiger partial charge >= 0.3 is 5.97 Å². The van der Waals surface area contributed by atoms with Crippen molar-refractivity contribution in [3.8, 4) is 0 Å². The summed E-state index contributed by atoms with van der Waals surface area (Å²) < 4.78 is 0.644. The van der Waals surface area contributed by atoms with E-state index < -0.39 is 11.9 Å². The van der Waals surface area contributed by atoms with Crippen LogP contribution >= 0.6 is 34.5 Å². The predicted octanol–water partition coefficient (Wildman–Crippen LogP) is 3.64. The second-order valence-electron chi connectivity index (χ2n) is 3.70. The molecule has 0 aromatic carbocycles. The zero-order chi connectivity index (χ0) is 14.2. The van der Waals surface area contributed by atoms with E-state index in [2.05, 4.69) is 10.3 Å². The van der Waals surface area contributed by atoms with Gasteiger partial charge in [-0.1, -0.05) is 23.2 Å². The van der Waals surface area contributed by atoms with Crippen LogP contribution in [0, 0.1) is 6.92 Å². The Bertz CT molecular complexity index is 663. The Morgan fingerprint density at radius 2 is 2.11 bits per heavy atom. The number of hydrogen-bond donors (Lipinski definition) is 3. The lowest BCUT2D eigenvalue weighted by atomic mass is 10.2. The van der Waals surface area contributed by atoms with Gasteiger partial charge in [-0.15, -0.1) is 11.3 Å². The smallest absolute Gasteiger partial charge is 0.339 e. The number of anilines is 1. The number of nitrogens with one attached hydrogen (secondary N) is 2. The molecule has 2 heterocycles. The average molecular weight is 319 g/mol. The van der Waals surface area contributed by atoms with Crippen LogP contribution in [0.15, 0.2) is 12.3 Å². The maximum atomic E-state index is 12.0. The Balaban J connectivity index is 2.29. The summed E-state index contributed by atoms with van der Waals surface area (Å²) >= 11 is 12.7. The highest BCUT2D eigenvalue weighted by molar-refractivity contribution is 7.20. The van der Waals surface area contributed by atoms with Crippen molar-refractivity contribution >= 4 is 52.1 Å². The number of rotatable bonds is 3. The van der Waals surface area contributed by atoms with Gasteiger partial charge in [0, 0.05) is 11.9 Å². The molecule has 0 unspecified atom stereocenters. The lowest BCUT2D eigenvalue weighted by Gasteiger charge is -2.03. The van der Waals surface area contributed by atoms with E-state index in [-0.39, 0.29) is 21.2 Å².